The van der Waals surface area contributed by atoms with E-state index < -0.39 is 6.36 Å². The lowest BCUT2D eigenvalue weighted by Crippen LogP contribution is -2.16. The summed E-state index contributed by atoms with van der Waals surface area (Å²) in [6, 6.07) is 0. The third kappa shape index (κ3) is 16.5. The fourth-order valence-electron chi connectivity index (χ4n) is 2.53. The molecule has 3 nitrogen and oxygen atoms in total. The molecule has 0 fully saturated rings. The van der Waals surface area contributed by atoms with Crippen molar-refractivity contribution < 1.29 is 22.6 Å². The van der Waals surface area contributed by atoms with Gasteiger partial charge < -0.3 is 14.8 Å². The maximum atomic E-state index is 12.3. The standard InChI is InChI=1S/C21H36F3NO2/c1-5-13-20(27-21(22,23)24)16-10-8-9-14-18(4)26-19(6-2)15-11-12-17-25-7-3/h10,13,16,19,25H,4-9,11-12,14-15,17H2,1-3H3/b16-10?,20-13+. The largest absolute Gasteiger partial charge is 0.573 e. The van der Waals surface area contributed by atoms with E-state index in [-0.39, 0.29) is 11.9 Å². The molecule has 0 saturated carbocycles. The van der Waals surface area contributed by atoms with Gasteiger partial charge in [-0.15, -0.1) is 13.2 Å². The minimum absolute atomic E-state index is 0.163. The molecule has 0 spiro atoms. The van der Waals surface area contributed by atoms with Crippen LogP contribution >= 0.6 is 0 Å². The fraction of sp³-hybridized carbons (Fsp3) is 0.714. The molecule has 0 aromatic carbocycles. The quantitative estimate of drug-likeness (QED) is 0.182. The Labute approximate surface area is 162 Å². The monoisotopic (exact) mass is 391 g/mol. The summed E-state index contributed by atoms with van der Waals surface area (Å²) in [5, 5.41) is 3.31. The van der Waals surface area contributed by atoms with Gasteiger partial charge in [0, 0.05) is 6.42 Å². The number of unbranched alkanes of at least 4 members (excludes halogenated alkanes) is 2. The zero-order valence-corrected chi connectivity index (χ0v) is 17.0. The van der Waals surface area contributed by atoms with Crippen molar-refractivity contribution in [2.75, 3.05) is 13.1 Å². The third-order valence-electron chi connectivity index (χ3n) is 3.92. The van der Waals surface area contributed by atoms with Crippen molar-refractivity contribution >= 4 is 0 Å². The van der Waals surface area contributed by atoms with E-state index in [1.807, 2.05) is 0 Å². The van der Waals surface area contributed by atoms with Crippen molar-refractivity contribution in [3.05, 3.63) is 36.3 Å². The van der Waals surface area contributed by atoms with Gasteiger partial charge in [0.1, 0.15) is 5.76 Å². The van der Waals surface area contributed by atoms with E-state index in [0.29, 0.717) is 19.3 Å². The Morgan fingerprint density at radius 3 is 2.48 bits per heavy atom. The molecular weight excluding hydrogens is 355 g/mol. The van der Waals surface area contributed by atoms with Crippen molar-refractivity contribution in [2.45, 2.75) is 84.6 Å². The molecule has 0 saturated heterocycles. The highest BCUT2D eigenvalue weighted by molar-refractivity contribution is 5.12. The van der Waals surface area contributed by atoms with Gasteiger partial charge in [-0.05, 0) is 70.2 Å². The number of allylic oxidation sites excluding steroid dienone is 4. The smallest absolute Gasteiger partial charge is 0.495 e. The van der Waals surface area contributed by atoms with E-state index in [4.69, 9.17) is 4.74 Å². The highest BCUT2D eigenvalue weighted by atomic mass is 19.4. The molecular formula is C21H36F3NO2. The molecule has 1 unspecified atom stereocenters. The average molecular weight is 392 g/mol. The minimum atomic E-state index is -4.66. The molecule has 27 heavy (non-hydrogen) atoms. The SMILES string of the molecule is C=C(CCCC=C/C(=C\CC)OC(F)(F)F)OC(CC)CCCCNCC. The van der Waals surface area contributed by atoms with Crippen LogP contribution in [0.25, 0.3) is 0 Å². The lowest BCUT2D eigenvalue weighted by Gasteiger charge is -2.19. The van der Waals surface area contributed by atoms with Crippen molar-refractivity contribution in [2.24, 2.45) is 0 Å². The summed E-state index contributed by atoms with van der Waals surface area (Å²) in [4.78, 5) is 0. The number of ether oxygens (including phenoxy) is 2. The van der Waals surface area contributed by atoms with Gasteiger partial charge in [-0.3, -0.25) is 0 Å². The highest BCUT2D eigenvalue weighted by Crippen LogP contribution is 2.22. The molecule has 0 aliphatic rings. The third-order valence-corrected chi connectivity index (χ3v) is 3.92. The molecule has 0 bridgehead atoms. The second-order valence-electron chi connectivity index (χ2n) is 6.39. The van der Waals surface area contributed by atoms with Crippen LogP contribution in [0.2, 0.25) is 0 Å². The van der Waals surface area contributed by atoms with Crippen LogP contribution in [0.3, 0.4) is 0 Å². The summed E-state index contributed by atoms with van der Waals surface area (Å²) in [6.45, 7) is 12.0. The van der Waals surface area contributed by atoms with Crippen LogP contribution < -0.4 is 5.32 Å². The van der Waals surface area contributed by atoms with Crippen LogP contribution in [0.5, 0.6) is 0 Å². The summed E-state index contributed by atoms with van der Waals surface area (Å²) >= 11 is 0. The Morgan fingerprint density at radius 2 is 1.89 bits per heavy atom. The summed E-state index contributed by atoms with van der Waals surface area (Å²) < 4.78 is 46.7. The lowest BCUT2D eigenvalue weighted by molar-refractivity contribution is -0.303. The molecule has 0 rings (SSSR count). The maximum Gasteiger partial charge on any atom is 0.573 e. The van der Waals surface area contributed by atoms with Crippen molar-refractivity contribution in [3.8, 4) is 0 Å². The number of hydrogen-bond donors (Lipinski definition) is 1. The first-order chi connectivity index (χ1) is 12.8. The summed E-state index contributed by atoms with van der Waals surface area (Å²) in [5.74, 6) is 0.585. The van der Waals surface area contributed by atoms with Crippen LogP contribution in [0, 0.1) is 0 Å². The Kier molecular flexibility index (Phi) is 14.8. The predicted molar refractivity (Wildman–Crippen MR) is 105 cm³/mol. The van der Waals surface area contributed by atoms with E-state index in [9.17, 15) is 13.2 Å². The van der Waals surface area contributed by atoms with Gasteiger partial charge in [0.2, 0.25) is 0 Å². The molecule has 0 heterocycles. The normalized spacial score (nSPS) is 13.8. The predicted octanol–water partition coefficient (Wildman–Crippen LogP) is 6.63. The molecule has 0 radical (unpaired) electrons. The van der Waals surface area contributed by atoms with Gasteiger partial charge >= 0.3 is 6.36 Å². The second kappa shape index (κ2) is 15.6. The van der Waals surface area contributed by atoms with E-state index in [2.05, 4.69) is 30.5 Å². The average Bonchev–Trinajstić information content (AvgIpc) is 2.59. The number of alkyl halides is 3. The van der Waals surface area contributed by atoms with E-state index >= 15 is 0 Å². The number of halogens is 3. The molecule has 158 valence electrons. The maximum absolute atomic E-state index is 12.3. The molecule has 1 atom stereocenters. The first kappa shape index (κ1) is 25.6. The number of rotatable bonds is 16. The van der Waals surface area contributed by atoms with Gasteiger partial charge in [-0.1, -0.05) is 33.4 Å². The zero-order valence-electron chi connectivity index (χ0n) is 17.0. The second-order valence-corrected chi connectivity index (χ2v) is 6.39. The molecule has 0 aromatic heterocycles. The summed E-state index contributed by atoms with van der Waals surface area (Å²) in [7, 11) is 0. The van der Waals surface area contributed by atoms with Crippen LogP contribution in [0.15, 0.2) is 36.3 Å². The highest BCUT2D eigenvalue weighted by Gasteiger charge is 2.31. The first-order valence-corrected chi connectivity index (χ1v) is 9.99. The topological polar surface area (TPSA) is 30.5 Å². The van der Waals surface area contributed by atoms with Crippen molar-refractivity contribution in [1.82, 2.24) is 5.32 Å². The van der Waals surface area contributed by atoms with Gasteiger partial charge in [0.05, 0.1) is 11.9 Å². The van der Waals surface area contributed by atoms with Gasteiger partial charge in [-0.2, -0.15) is 0 Å². The summed E-state index contributed by atoms with van der Waals surface area (Å²) in [6.07, 6.45) is 6.82. The molecule has 0 aromatic rings. The van der Waals surface area contributed by atoms with Gasteiger partial charge in [-0.25, -0.2) is 0 Å². The number of hydrogen-bond acceptors (Lipinski definition) is 3. The van der Waals surface area contributed by atoms with Gasteiger partial charge in [0.25, 0.3) is 0 Å². The van der Waals surface area contributed by atoms with Crippen LogP contribution in [0.1, 0.15) is 72.1 Å². The molecule has 0 aliphatic carbocycles. The molecule has 0 amide bonds. The van der Waals surface area contributed by atoms with Crippen molar-refractivity contribution in [3.63, 3.8) is 0 Å². The molecule has 0 aliphatic heterocycles. The van der Waals surface area contributed by atoms with Crippen molar-refractivity contribution in [1.29, 1.82) is 0 Å². The zero-order chi connectivity index (χ0) is 20.5. The Bertz CT molecular complexity index is 445. The van der Waals surface area contributed by atoms with E-state index in [1.54, 1.807) is 13.0 Å². The van der Waals surface area contributed by atoms with Crippen LogP contribution in [-0.2, 0) is 9.47 Å². The number of nitrogens with one attached hydrogen (secondary N) is 1. The van der Waals surface area contributed by atoms with Gasteiger partial charge in [0.15, 0.2) is 0 Å². The lowest BCUT2D eigenvalue weighted by atomic mass is 10.1. The van der Waals surface area contributed by atoms with Crippen LogP contribution in [0.4, 0.5) is 13.2 Å². The molecule has 1 N–H and O–H groups in total. The Hall–Kier alpha value is -1.43. The Morgan fingerprint density at radius 1 is 1.15 bits per heavy atom. The fourth-order valence-corrected chi connectivity index (χ4v) is 2.53. The Balaban J connectivity index is 4.07. The first-order valence-electron chi connectivity index (χ1n) is 9.99. The summed E-state index contributed by atoms with van der Waals surface area (Å²) in [5.41, 5.74) is 0. The minimum Gasteiger partial charge on any atom is -0.495 e. The van der Waals surface area contributed by atoms with E-state index in [0.717, 1.165) is 51.0 Å². The molecule has 6 heteroatoms. The van der Waals surface area contributed by atoms with E-state index in [1.165, 1.54) is 12.2 Å². The van der Waals surface area contributed by atoms with Crippen LogP contribution in [-0.4, -0.2) is 25.6 Å².